The Morgan fingerprint density at radius 3 is 1.68 bits per heavy atom. The van der Waals surface area contributed by atoms with Crippen LogP contribution in [-0.4, -0.2) is 8.97 Å². The number of fused-ring (bicyclic) bond motifs is 6. The molecule has 3 aromatic heterocycles. The Hall–Kier alpha value is -6.64. The molecule has 50 heavy (non-hydrogen) atoms. The third-order valence-corrected chi connectivity index (χ3v) is 10.7. The van der Waals surface area contributed by atoms with E-state index in [4.69, 9.17) is 0 Å². The van der Waals surface area contributed by atoms with Crippen LogP contribution in [-0.2, 0) is 0 Å². The molecule has 3 heterocycles. The highest BCUT2D eigenvalue weighted by atomic mass is 15.0. The first kappa shape index (κ1) is 27.3. The third-order valence-electron chi connectivity index (χ3n) is 10.7. The zero-order valence-corrected chi connectivity index (χ0v) is 27.2. The molecular formula is C48H30N2. The summed E-state index contributed by atoms with van der Waals surface area (Å²) in [4.78, 5) is 0. The Labute approximate surface area is 289 Å². The summed E-state index contributed by atoms with van der Waals surface area (Å²) in [7, 11) is 0. The van der Waals surface area contributed by atoms with Crippen LogP contribution in [0.5, 0.6) is 0 Å². The van der Waals surface area contributed by atoms with Crippen LogP contribution in [0.15, 0.2) is 182 Å². The normalized spacial score (nSPS) is 12.0. The standard InChI is InChI=1S/C48H30N2/c1-3-14-31(15-4-1)35-20-7-8-21-36(35)33-18-11-19-34(30-33)49-43-27-13-24-39-38-22-9-10-25-41(38)50-42-26-12-23-37(32-16-5-2-6-17-32)45(42)40-28-29-44(49)47(46(39)43)48(40)50/h1-30H. The second kappa shape index (κ2) is 10.4. The summed E-state index contributed by atoms with van der Waals surface area (Å²) in [5.74, 6) is 0. The molecule has 0 saturated carbocycles. The SMILES string of the molecule is c1ccc(-c2ccccc2-c2cccc(-n3c4cccc5c6ccccc6n6c7cccc(-c8ccccc8)c7c7ccc3c(c54)c76)c2)cc1. The van der Waals surface area contributed by atoms with Crippen LogP contribution < -0.4 is 0 Å². The molecule has 8 aromatic carbocycles. The van der Waals surface area contributed by atoms with Crippen molar-refractivity contribution < 1.29 is 0 Å². The van der Waals surface area contributed by atoms with Crippen molar-refractivity contribution in [3.63, 3.8) is 0 Å². The molecule has 0 unspecified atom stereocenters. The smallest absolute Gasteiger partial charge is 0.0642 e. The zero-order valence-electron chi connectivity index (χ0n) is 27.2. The van der Waals surface area contributed by atoms with Crippen LogP contribution in [0.4, 0.5) is 0 Å². The first-order chi connectivity index (χ1) is 24.8. The number of hydrogen-bond acceptors (Lipinski definition) is 0. The summed E-state index contributed by atoms with van der Waals surface area (Å²) < 4.78 is 5.02. The van der Waals surface area contributed by atoms with Gasteiger partial charge in [-0.05, 0) is 75.2 Å². The van der Waals surface area contributed by atoms with Crippen LogP contribution in [0, 0.1) is 0 Å². The Morgan fingerprint density at radius 1 is 0.300 bits per heavy atom. The molecule has 11 rings (SSSR count). The van der Waals surface area contributed by atoms with Gasteiger partial charge in [-0.15, -0.1) is 0 Å². The van der Waals surface area contributed by atoms with Crippen molar-refractivity contribution in [1.29, 1.82) is 0 Å². The monoisotopic (exact) mass is 634 g/mol. The predicted molar refractivity (Wildman–Crippen MR) is 212 cm³/mol. The Bertz CT molecular complexity index is 3070. The number of benzene rings is 8. The molecule has 0 bridgehead atoms. The molecule has 2 nitrogen and oxygen atoms in total. The van der Waals surface area contributed by atoms with E-state index in [9.17, 15) is 0 Å². The molecule has 0 aliphatic rings. The van der Waals surface area contributed by atoms with Crippen molar-refractivity contribution in [3.05, 3.63) is 182 Å². The minimum absolute atomic E-state index is 1.16. The van der Waals surface area contributed by atoms with Gasteiger partial charge in [-0.2, -0.15) is 0 Å². The van der Waals surface area contributed by atoms with Gasteiger partial charge in [0.1, 0.15) is 0 Å². The summed E-state index contributed by atoms with van der Waals surface area (Å²) in [6.07, 6.45) is 0. The molecule has 2 heteroatoms. The fourth-order valence-corrected chi connectivity index (χ4v) is 8.62. The van der Waals surface area contributed by atoms with Gasteiger partial charge in [-0.3, -0.25) is 0 Å². The highest BCUT2D eigenvalue weighted by Gasteiger charge is 2.24. The van der Waals surface area contributed by atoms with E-state index < -0.39 is 0 Å². The van der Waals surface area contributed by atoms with E-state index in [-0.39, 0.29) is 0 Å². The molecule has 0 fully saturated rings. The summed E-state index contributed by atoms with van der Waals surface area (Å²) in [5.41, 5.74) is 14.7. The van der Waals surface area contributed by atoms with Gasteiger partial charge >= 0.3 is 0 Å². The summed E-state index contributed by atoms with van der Waals surface area (Å²) in [5, 5.41) is 7.71. The molecule has 232 valence electrons. The maximum Gasteiger partial charge on any atom is 0.0642 e. The molecule has 0 amide bonds. The molecule has 0 spiro atoms. The lowest BCUT2D eigenvalue weighted by Crippen LogP contribution is -1.95. The first-order valence-electron chi connectivity index (χ1n) is 17.3. The summed E-state index contributed by atoms with van der Waals surface area (Å²) >= 11 is 0. The van der Waals surface area contributed by atoms with E-state index in [1.54, 1.807) is 0 Å². The minimum atomic E-state index is 1.16. The summed E-state index contributed by atoms with van der Waals surface area (Å²) in [6.45, 7) is 0. The van der Waals surface area contributed by atoms with Gasteiger partial charge < -0.3 is 8.97 Å². The van der Waals surface area contributed by atoms with Crippen molar-refractivity contribution >= 4 is 59.9 Å². The Morgan fingerprint density at radius 2 is 0.860 bits per heavy atom. The van der Waals surface area contributed by atoms with E-state index in [1.807, 2.05) is 0 Å². The van der Waals surface area contributed by atoms with Crippen LogP contribution in [0.2, 0.25) is 0 Å². The number of hydrogen-bond donors (Lipinski definition) is 0. The van der Waals surface area contributed by atoms with Gasteiger partial charge in [0, 0.05) is 32.6 Å². The Kier molecular flexibility index (Phi) is 5.70. The van der Waals surface area contributed by atoms with E-state index in [0.717, 1.165) is 5.69 Å². The lowest BCUT2D eigenvalue weighted by molar-refractivity contribution is 1.18. The van der Waals surface area contributed by atoms with Crippen LogP contribution >= 0.6 is 0 Å². The van der Waals surface area contributed by atoms with Crippen molar-refractivity contribution in [2.45, 2.75) is 0 Å². The highest BCUT2D eigenvalue weighted by molar-refractivity contribution is 6.34. The molecule has 0 aliphatic carbocycles. The second-order valence-electron chi connectivity index (χ2n) is 13.3. The number of nitrogens with zero attached hydrogens (tertiary/aromatic N) is 2. The van der Waals surface area contributed by atoms with Crippen molar-refractivity contribution in [2.75, 3.05) is 0 Å². The average Bonchev–Trinajstić information content (AvgIpc) is 3.67. The van der Waals surface area contributed by atoms with Gasteiger partial charge in [-0.25, -0.2) is 0 Å². The first-order valence-corrected chi connectivity index (χ1v) is 17.3. The Balaban J connectivity index is 1.28. The van der Waals surface area contributed by atoms with E-state index in [1.165, 1.54) is 93.3 Å². The van der Waals surface area contributed by atoms with E-state index in [2.05, 4.69) is 191 Å². The van der Waals surface area contributed by atoms with Gasteiger partial charge in [0.25, 0.3) is 0 Å². The molecule has 0 saturated heterocycles. The molecular weight excluding hydrogens is 605 g/mol. The van der Waals surface area contributed by atoms with E-state index >= 15 is 0 Å². The van der Waals surface area contributed by atoms with Crippen molar-refractivity contribution in [1.82, 2.24) is 8.97 Å². The lowest BCUT2D eigenvalue weighted by atomic mass is 9.94. The maximum atomic E-state index is 2.53. The molecule has 0 aliphatic heterocycles. The number of rotatable bonds is 4. The van der Waals surface area contributed by atoms with Gasteiger partial charge in [0.15, 0.2) is 0 Å². The average molecular weight is 635 g/mol. The highest BCUT2D eigenvalue weighted by Crippen LogP contribution is 2.47. The van der Waals surface area contributed by atoms with Crippen LogP contribution in [0.1, 0.15) is 0 Å². The number of aromatic nitrogens is 2. The van der Waals surface area contributed by atoms with Gasteiger partial charge in [0.05, 0.1) is 27.6 Å². The maximum absolute atomic E-state index is 2.53. The van der Waals surface area contributed by atoms with Crippen LogP contribution in [0.3, 0.4) is 0 Å². The van der Waals surface area contributed by atoms with Crippen molar-refractivity contribution in [3.8, 4) is 39.1 Å². The lowest BCUT2D eigenvalue weighted by Gasteiger charge is -2.13. The zero-order chi connectivity index (χ0) is 32.8. The van der Waals surface area contributed by atoms with Crippen LogP contribution in [0.25, 0.3) is 99.0 Å². The summed E-state index contributed by atoms with van der Waals surface area (Å²) in [6, 6.07) is 66.6. The number of para-hydroxylation sites is 1. The fraction of sp³-hybridized carbons (Fsp3) is 0. The molecule has 0 atom stereocenters. The predicted octanol–water partition coefficient (Wildman–Crippen LogP) is 12.9. The molecule has 11 aromatic rings. The largest absolute Gasteiger partial charge is 0.309 e. The third kappa shape index (κ3) is 3.73. The minimum Gasteiger partial charge on any atom is -0.309 e. The van der Waals surface area contributed by atoms with Gasteiger partial charge in [-0.1, -0.05) is 146 Å². The topological polar surface area (TPSA) is 9.34 Å². The van der Waals surface area contributed by atoms with E-state index in [0.29, 0.717) is 0 Å². The second-order valence-corrected chi connectivity index (χ2v) is 13.3. The molecule has 0 radical (unpaired) electrons. The van der Waals surface area contributed by atoms with Crippen molar-refractivity contribution in [2.24, 2.45) is 0 Å². The molecule has 0 N–H and O–H groups in total. The quantitative estimate of drug-likeness (QED) is 0.182. The fourth-order valence-electron chi connectivity index (χ4n) is 8.62. The van der Waals surface area contributed by atoms with Gasteiger partial charge in [0.2, 0.25) is 0 Å².